The highest BCUT2D eigenvalue weighted by Gasteiger charge is 2.17. The number of hydrogen-bond donors (Lipinski definition) is 0. The first kappa shape index (κ1) is 24.2. The summed E-state index contributed by atoms with van der Waals surface area (Å²) in [5.41, 5.74) is 2.96. The highest BCUT2D eigenvalue weighted by Crippen LogP contribution is 2.40. The van der Waals surface area contributed by atoms with E-state index in [0.29, 0.717) is 17.5 Å². The lowest BCUT2D eigenvalue weighted by Gasteiger charge is -2.12. The van der Waals surface area contributed by atoms with Crippen molar-refractivity contribution in [3.63, 3.8) is 0 Å². The Bertz CT molecular complexity index is 2480. The zero-order valence-corrected chi connectivity index (χ0v) is 23.8. The van der Waals surface area contributed by atoms with Crippen molar-refractivity contribution in [3.05, 3.63) is 140 Å². The lowest BCUT2D eigenvalue weighted by Crippen LogP contribution is -2.00. The Kier molecular flexibility index (Phi) is 5.37. The minimum atomic E-state index is 0.668. The second-order valence-electron chi connectivity index (χ2n) is 10.8. The van der Waals surface area contributed by atoms with Gasteiger partial charge in [-0.1, -0.05) is 121 Å². The molecule has 4 heteroatoms. The molecule has 2 heterocycles. The Balaban J connectivity index is 1.32. The van der Waals surface area contributed by atoms with Gasteiger partial charge in [0.15, 0.2) is 17.5 Å². The van der Waals surface area contributed by atoms with Crippen LogP contribution in [0, 0.1) is 0 Å². The van der Waals surface area contributed by atoms with Crippen molar-refractivity contribution in [1.82, 2.24) is 15.0 Å². The van der Waals surface area contributed by atoms with Gasteiger partial charge in [-0.15, -0.1) is 11.3 Å². The first-order valence-corrected chi connectivity index (χ1v) is 15.2. The Morgan fingerprint density at radius 3 is 1.60 bits per heavy atom. The number of aromatic nitrogens is 3. The van der Waals surface area contributed by atoms with Gasteiger partial charge in [0, 0.05) is 36.9 Å². The third kappa shape index (κ3) is 3.84. The lowest BCUT2D eigenvalue weighted by atomic mass is 9.93. The van der Waals surface area contributed by atoms with Crippen molar-refractivity contribution in [2.45, 2.75) is 0 Å². The largest absolute Gasteiger partial charge is 0.208 e. The van der Waals surface area contributed by atoms with Gasteiger partial charge in [0.25, 0.3) is 0 Å². The summed E-state index contributed by atoms with van der Waals surface area (Å²) in [6.45, 7) is 0. The predicted molar refractivity (Wildman–Crippen MR) is 182 cm³/mol. The van der Waals surface area contributed by atoms with Gasteiger partial charge in [0.05, 0.1) is 0 Å². The molecule has 0 aliphatic heterocycles. The van der Waals surface area contributed by atoms with Gasteiger partial charge < -0.3 is 0 Å². The maximum Gasteiger partial charge on any atom is 0.165 e. The van der Waals surface area contributed by atoms with Crippen LogP contribution in [0.4, 0.5) is 0 Å². The third-order valence-electron chi connectivity index (χ3n) is 8.31. The molecule has 0 saturated carbocycles. The molecule has 0 atom stereocenters. The molecule has 43 heavy (non-hydrogen) atoms. The Labute approximate surface area is 251 Å². The molecule has 0 fully saturated rings. The van der Waals surface area contributed by atoms with Gasteiger partial charge in [-0.3, -0.25) is 0 Å². The van der Waals surface area contributed by atoms with Gasteiger partial charge in [-0.2, -0.15) is 0 Å². The molecule has 0 bridgehead atoms. The van der Waals surface area contributed by atoms with E-state index < -0.39 is 0 Å². The second-order valence-corrected chi connectivity index (χ2v) is 11.9. The van der Waals surface area contributed by atoms with Gasteiger partial charge in [0.1, 0.15) is 0 Å². The van der Waals surface area contributed by atoms with Gasteiger partial charge in [0.2, 0.25) is 0 Å². The SMILES string of the molecule is c1ccc(-c2nc(-c3ccc4c5ccccc5c5ccccc5c4c3)nc(-c3cccc4c3sc3ccccc34)n2)cc1. The molecule has 0 N–H and O–H groups in total. The Morgan fingerprint density at radius 1 is 0.349 bits per heavy atom. The first-order valence-electron chi connectivity index (χ1n) is 14.4. The van der Waals surface area contributed by atoms with E-state index in [2.05, 4.69) is 121 Å². The van der Waals surface area contributed by atoms with Gasteiger partial charge in [-0.05, 0) is 50.5 Å². The average Bonchev–Trinajstić information content (AvgIpc) is 3.47. The fourth-order valence-electron chi connectivity index (χ4n) is 6.31. The number of rotatable bonds is 3. The zero-order chi connectivity index (χ0) is 28.3. The number of nitrogens with zero attached hydrogens (tertiary/aromatic N) is 3. The summed E-state index contributed by atoms with van der Waals surface area (Å²) in [5.74, 6) is 2.02. The standard InChI is InChI=1S/C39H23N3S/c1-2-11-24(12-3-1)37-40-38(42-39(41-37)33-19-10-18-32-31-17-8-9-20-35(31)43-36(32)33)25-21-22-30-28-15-5-4-13-26(28)27-14-6-7-16-29(27)34(30)23-25/h1-23H. The number of thiophene rings is 1. The van der Waals surface area contributed by atoms with Gasteiger partial charge >= 0.3 is 0 Å². The van der Waals surface area contributed by atoms with Gasteiger partial charge in [-0.25, -0.2) is 15.0 Å². The van der Waals surface area contributed by atoms with Crippen molar-refractivity contribution in [1.29, 1.82) is 0 Å². The Morgan fingerprint density at radius 2 is 0.884 bits per heavy atom. The van der Waals surface area contributed by atoms with Crippen molar-refractivity contribution >= 4 is 63.8 Å². The molecule has 3 nitrogen and oxygen atoms in total. The van der Waals surface area contributed by atoms with E-state index >= 15 is 0 Å². The minimum absolute atomic E-state index is 0.668. The van der Waals surface area contributed by atoms with Crippen LogP contribution in [0.5, 0.6) is 0 Å². The normalized spacial score (nSPS) is 11.7. The van der Waals surface area contributed by atoms with Crippen molar-refractivity contribution in [3.8, 4) is 34.2 Å². The maximum absolute atomic E-state index is 5.15. The van der Waals surface area contributed by atoms with Crippen LogP contribution in [-0.2, 0) is 0 Å². The maximum atomic E-state index is 5.15. The molecule has 0 unspecified atom stereocenters. The van der Waals surface area contributed by atoms with Crippen molar-refractivity contribution in [2.24, 2.45) is 0 Å². The molecular weight excluding hydrogens is 543 g/mol. The summed E-state index contributed by atoms with van der Waals surface area (Å²) < 4.78 is 2.45. The molecule has 2 aromatic heterocycles. The highest BCUT2D eigenvalue weighted by molar-refractivity contribution is 7.26. The van der Waals surface area contributed by atoms with Crippen molar-refractivity contribution in [2.75, 3.05) is 0 Å². The molecule has 9 aromatic rings. The van der Waals surface area contributed by atoms with Crippen LogP contribution < -0.4 is 0 Å². The molecule has 0 radical (unpaired) electrons. The van der Waals surface area contributed by atoms with E-state index in [4.69, 9.17) is 15.0 Å². The summed E-state index contributed by atoms with van der Waals surface area (Å²) in [6.07, 6.45) is 0. The molecule has 0 amide bonds. The summed E-state index contributed by atoms with van der Waals surface area (Å²) in [5, 5.41) is 9.91. The van der Waals surface area contributed by atoms with Crippen LogP contribution >= 0.6 is 11.3 Å². The molecule has 0 aliphatic rings. The summed E-state index contributed by atoms with van der Waals surface area (Å²) in [6, 6.07) is 49.1. The topological polar surface area (TPSA) is 38.7 Å². The van der Waals surface area contributed by atoms with E-state index in [-0.39, 0.29) is 0 Å². The molecule has 7 aromatic carbocycles. The Hall–Kier alpha value is -5.45. The van der Waals surface area contributed by atoms with E-state index in [1.165, 1.54) is 52.5 Å². The molecule has 0 aliphatic carbocycles. The quantitative estimate of drug-likeness (QED) is 0.200. The molecular formula is C39H23N3S. The zero-order valence-electron chi connectivity index (χ0n) is 23.0. The third-order valence-corrected chi connectivity index (χ3v) is 9.53. The monoisotopic (exact) mass is 565 g/mol. The van der Waals surface area contributed by atoms with Crippen LogP contribution in [0.2, 0.25) is 0 Å². The molecule has 0 saturated heterocycles. The van der Waals surface area contributed by atoms with E-state index in [9.17, 15) is 0 Å². The molecule has 9 rings (SSSR count). The summed E-state index contributed by atoms with van der Waals surface area (Å²) in [4.78, 5) is 15.3. The van der Waals surface area contributed by atoms with Crippen molar-refractivity contribution < 1.29 is 0 Å². The van der Waals surface area contributed by atoms with Crippen LogP contribution in [0.15, 0.2) is 140 Å². The first-order chi connectivity index (χ1) is 21.3. The fourth-order valence-corrected chi connectivity index (χ4v) is 7.52. The van der Waals surface area contributed by atoms with E-state index in [0.717, 1.165) is 16.7 Å². The predicted octanol–water partition coefficient (Wildman–Crippen LogP) is 10.7. The smallest absolute Gasteiger partial charge is 0.165 e. The van der Waals surface area contributed by atoms with Crippen LogP contribution in [0.25, 0.3) is 86.7 Å². The average molecular weight is 566 g/mol. The number of fused-ring (bicyclic) bond motifs is 9. The van der Waals surface area contributed by atoms with Crippen LogP contribution in [0.1, 0.15) is 0 Å². The molecule has 200 valence electrons. The minimum Gasteiger partial charge on any atom is -0.208 e. The molecule has 0 spiro atoms. The number of benzene rings is 7. The van der Waals surface area contributed by atoms with E-state index in [1.807, 2.05) is 18.2 Å². The highest BCUT2D eigenvalue weighted by atomic mass is 32.1. The van der Waals surface area contributed by atoms with Crippen LogP contribution in [-0.4, -0.2) is 15.0 Å². The lowest BCUT2D eigenvalue weighted by molar-refractivity contribution is 1.08. The second kappa shape index (κ2) is 9.55. The van der Waals surface area contributed by atoms with Crippen LogP contribution in [0.3, 0.4) is 0 Å². The summed E-state index contributed by atoms with van der Waals surface area (Å²) in [7, 11) is 0. The van der Waals surface area contributed by atoms with E-state index in [1.54, 1.807) is 11.3 Å². The summed E-state index contributed by atoms with van der Waals surface area (Å²) >= 11 is 1.79. The number of hydrogen-bond acceptors (Lipinski definition) is 4. The fraction of sp³-hybridized carbons (Fsp3) is 0.